The van der Waals surface area contributed by atoms with E-state index in [1.807, 2.05) is 0 Å². The van der Waals surface area contributed by atoms with Crippen molar-refractivity contribution in [1.29, 1.82) is 0 Å². The first-order valence-electron chi connectivity index (χ1n) is 12.3. The third-order valence-corrected chi connectivity index (χ3v) is 6.57. The Kier molecular flexibility index (Phi) is 8.43. The van der Waals surface area contributed by atoms with Gasteiger partial charge in [0.1, 0.15) is 12.7 Å². The van der Waals surface area contributed by atoms with Crippen LogP contribution in [0.3, 0.4) is 0 Å². The molecule has 1 N–H and O–H groups in total. The molecule has 5 heteroatoms. The van der Waals surface area contributed by atoms with Crippen molar-refractivity contribution >= 4 is 6.16 Å². The molecule has 0 amide bonds. The summed E-state index contributed by atoms with van der Waals surface area (Å²) in [6.07, 6.45) is -0.123. The summed E-state index contributed by atoms with van der Waals surface area (Å²) in [5, 5.41) is 3.61. The maximum atomic E-state index is 12.0. The number of rotatable bonds is 7. The van der Waals surface area contributed by atoms with Crippen molar-refractivity contribution in [1.82, 2.24) is 5.32 Å². The molecular formula is C29H41NO4. The molecule has 0 saturated carbocycles. The summed E-state index contributed by atoms with van der Waals surface area (Å²) in [5.74, 6) is 0.154. The molecule has 1 fully saturated rings. The van der Waals surface area contributed by atoms with E-state index < -0.39 is 6.16 Å². The zero-order valence-corrected chi connectivity index (χ0v) is 21.8. The van der Waals surface area contributed by atoms with Crippen molar-refractivity contribution in [2.45, 2.75) is 76.9 Å². The zero-order chi connectivity index (χ0) is 24.9. The SMILES string of the molecule is COCCOC(=O)O[C@H]1CN[C@@H](C(c2ccc(C(C)(C)C)cc2)c2ccc(C(C)(C)C)cc2)C1. The normalized spacial score (nSPS) is 18.8. The number of nitrogens with one attached hydrogen (secondary N) is 1. The molecule has 0 aliphatic carbocycles. The average Bonchev–Trinajstić information content (AvgIpc) is 3.21. The van der Waals surface area contributed by atoms with Crippen molar-refractivity contribution in [3.8, 4) is 0 Å². The largest absolute Gasteiger partial charge is 0.508 e. The molecule has 1 heterocycles. The molecule has 3 rings (SSSR count). The van der Waals surface area contributed by atoms with Gasteiger partial charge in [-0.05, 0) is 33.1 Å². The fourth-order valence-electron chi connectivity index (χ4n) is 4.49. The molecule has 0 radical (unpaired) electrons. The molecule has 0 spiro atoms. The van der Waals surface area contributed by atoms with E-state index in [-0.39, 0.29) is 35.5 Å². The van der Waals surface area contributed by atoms with Crippen molar-refractivity contribution in [2.75, 3.05) is 26.9 Å². The van der Waals surface area contributed by atoms with Gasteiger partial charge >= 0.3 is 6.16 Å². The molecule has 0 bridgehead atoms. The van der Waals surface area contributed by atoms with Gasteiger partial charge in [0.25, 0.3) is 0 Å². The number of hydrogen-bond acceptors (Lipinski definition) is 5. The quantitative estimate of drug-likeness (QED) is 0.403. The Morgan fingerprint density at radius 2 is 1.38 bits per heavy atom. The standard InChI is InChI=1S/C29H41NO4/c1-28(2,3)22-12-8-20(9-13-22)26(21-10-14-23(15-11-21)29(4,5)6)25-18-24(19-30-25)34-27(31)33-17-16-32-7/h8-15,24-26,30H,16-19H2,1-7H3/t24-,25-/m1/s1. The topological polar surface area (TPSA) is 56.8 Å². The molecule has 34 heavy (non-hydrogen) atoms. The molecular weight excluding hydrogens is 426 g/mol. The zero-order valence-electron chi connectivity index (χ0n) is 21.8. The maximum absolute atomic E-state index is 12.0. The monoisotopic (exact) mass is 467 g/mol. The summed E-state index contributed by atoms with van der Waals surface area (Å²) in [6, 6.07) is 18.1. The molecule has 2 aromatic carbocycles. The number of carbonyl (C=O) groups is 1. The predicted molar refractivity (Wildman–Crippen MR) is 137 cm³/mol. The first-order valence-corrected chi connectivity index (χ1v) is 12.3. The minimum atomic E-state index is -0.634. The first-order chi connectivity index (χ1) is 16.0. The van der Waals surface area contributed by atoms with Gasteiger partial charge in [-0.25, -0.2) is 4.79 Å². The summed E-state index contributed by atoms with van der Waals surface area (Å²) in [4.78, 5) is 12.0. The summed E-state index contributed by atoms with van der Waals surface area (Å²) in [5.41, 5.74) is 5.37. The smallest absolute Gasteiger partial charge is 0.432 e. The molecule has 1 saturated heterocycles. The lowest BCUT2D eigenvalue weighted by molar-refractivity contribution is 0.0155. The van der Waals surface area contributed by atoms with Crippen LogP contribution >= 0.6 is 0 Å². The minimum absolute atomic E-state index is 0.107. The van der Waals surface area contributed by atoms with Crippen LogP contribution in [0.4, 0.5) is 4.79 Å². The molecule has 1 aliphatic heterocycles. The van der Waals surface area contributed by atoms with Crippen LogP contribution in [-0.2, 0) is 25.0 Å². The predicted octanol–water partition coefficient (Wildman–Crippen LogP) is 5.94. The Labute approximate surface area is 205 Å². The summed E-state index contributed by atoms with van der Waals surface area (Å²) in [6.45, 7) is 14.6. The highest BCUT2D eigenvalue weighted by molar-refractivity contribution is 5.60. The molecule has 5 nitrogen and oxygen atoms in total. The number of benzene rings is 2. The Morgan fingerprint density at radius 3 is 1.82 bits per heavy atom. The van der Waals surface area contributed by atoms with Crippen LogP contribution in [0.1, 0.15) is 76.1 Å². The number of hydrogen-bond donors (Lipinski definition) is 1. The van der Waals surface area contributed by atoms with Crippen molar-refractivity contribution in [2.24, 2.45) is 0 Å². The van der Waals surface area contributed by atoms with Crippen LogP contribution in [0, 0.1) is 0 Å². The highest BCUT2D eigenvalue weighted by atomic mass is 16.7. The first kappa shape index (κ1) is 26.2. The van der Waals surface area contributed by atoms with E-state index in [2.05, 4.69) is 95.4 Å². The lowest BCUT2D eigenvalue weighted by Gasteiger charge is -2.27. The van der Waals surface area contributed by atoms with E-state index in [0.29, 0.717) is 13.2 Å². The minimum Gasteiger partial charge on any atom is -0.432 e. The van der Waals surface area contributed by atoms with E-state index in [1.165, 1.54) is 22.3 Å². The van der Waals surface area contributed by atoms with Crippen LogP contribution in [0.2, 0.25) is 0 Å². The van der Waals surface area contributed by atoms with Crippen molar-refractivity contribution in [3.05, 3.63) is 70.8 Å². The lowest BCUT2D eigenvalue weighted by atomic mass is 9.80. The van der Waals surface area contributed by atoms with Gasteiger partial charge in [0.15, 0.2) is 0 Å². The molecule has 1 aliphatic rings. The maximum Gasteiger partial charge on any atom is 0.508 e. The fraction of sp³-hybridized carbons (Fsp3) is 0.552. The van der Waals surface area contributed by atoms with Crippen LogP contribution in [-0.4, -0.2) is 45.2 Å². The third-order valence-electron chi connectivity index (χ3n) is 6.57. The summed E-state index contributed by atoms with van der Waals surface area (Å²) < 4.78 is 15.6. The Morgan fingerprint density at radius 1 is 0.882 bits per heavy atom. The molecule has 186 valence electrons. The Balaban J connectivity index is 1.82. The second kappa shape index (κ2) is 10.9. The molecule has 0 aromatic heterocycles. The van der Waals surface area contributed by atoms with E-state index in [4.69, 9.17) is 14.2 Å². The van der Waals surface area contributed by atoms with Gasteiger partial charge in [-0.15, -0.1) is 0 Å². The third kappa shape index (κ3) is 6.83. The van der Waals surface area contributed by atoms with Gasteiger partial charge in [-0.3, -0.25) is 0 Å². The van der Waals surface area contributed by atoms with Gasteiger partial charge in [-0.1, -0.05) is 90.1 Å². The van der Waals surface area contributed by atoms with Gasteiger partial charge < -0.3 is 19.5 Å². The van der Waals surface area contributed by atoms with E-state index in [0.717, 1.165) is 6.42 Å². The Bertz CT molecular complexity index is 865. The van der Waals surface area contributed by atoms with Gasteiger partial charge in [0.2, 0.25) is 0 Å². The van der Waals surface area contributed by atoms with E-state index in [1.54, 1.807) is 7.11 Å². The van der Waals surface area contributed by atoms with Gasteiger partial charge in [0.05, 0.1) is 6.61 Å². The van der Waals surface area contributed by atoms with Crippen LogP contribution in [0.25, 0.3) is 0 Å². The van der Waals surface area contributed by atoms with E-state index >= 15 is 0 Å². The summed E-state index contributed by atoms with van der Waals surface area (Å²) in [7, 11) is 1.57. The Hall–Kier alpha value is -2.37. The van der Waals surface area contributed by atoms with Crippen molar-refractivity contribution in [3.63, 3.8) is 0 Å². The molecule has 0 unspecified atom stereocenters. The highest BCUT2D eigenvalue weighted by Gasteiger charge is 2.35. The van der Waals surface area contributed by atoms with Gasteiger partial charge in [-0.2, -0.15) is 0 Å². The van der Waals surface area contributed by atoms with Crippen LogP contribution < -0.4 is 5.32 Å². The van der Waals surface area contributed by atoms with E-state index in [9.17, 15) is 4.79 Å². The average molecular weight is 468 g/mol. The molecule has 2 aromatic rings. The number of methoxy groups -OCH3 is 1. The van der Waals surface area contributed by atoms with Gasteiger partial charge in [0, 0.05) is 32.0 Å². The molecule has 2 atom stereocenters. The lowest BCUT2D eigenvalue weighted by Crippen LogP contribution is -2.30. The summed E-state index contributed by atoms with van der Waals surface area (Å²) >= 11 is 0. The van der Waals surface area contributed by atoms with Crippen molar-refractivity contribution < 1.29 is 19.0 Å². The van der Waals surface area contributed by atoms with Crippen LogP contribution in [0.15, 0.2) is 48.5 Å². The second-order valence-electron chi connectivity index (χ2n) is 11.3. The van der Waals surface area contributed by atoms with Crippen LogP contribution in [0.5, 0.6) is 0 Å². The number of carbonyl (C=O) groups excluding carboxylic acids is 1. The number of ether oxygens (including phenoxy) is 3. The second-order valence-corrected chi connectivity index (χ2v) is 11.3. The highest BCUT2D eigenvalue weighted by Crippen LogP contribution is 2.35. The fourth-order valence-corrected chi connectivity index (χ4v) is 4.49.